The van der Waals surface area contributed by atoms with Crippen molar-refractivity contribution in [3.63, 3.8) is 0 Å². The molecule has 0 bridgehead atoms. The lowest BCUT2D eigenvalue weighted by atomic mass is 10.0. The van der Waals surface area contributed by atoms with Gasteiger partial charge in [-0.25, -0.2) is 0 Å². The normalized spacial score (nSPS) is 12.8. The minimum atomic E-state index is 0.627. The minimum absolute atomic E-state index is 0.627. The molecule has 0 saturated heterocycles. The Morgan fingerprint density at radius 3 is 2.65 bits per heavy atom. The summed E-state index contributed by atoms with van der Waals surface area (Å²) in [7, 11) is 2.07. The number of aromatic nitrogens is 1. The number of unbranched alkanes of at least 4 members (excludes halogenated alkanes) is 5. The van der Waals surface area contributed by atoms with Crippen LogP contribution >= 0.6 is 11.3 Å². The molecule has 0 radical (unpaired) electrons. The van der Waals surface area contributed by atoms with Crippen molar-refractivity contribution in [3.05, 3.63) is 16.6 Å². The van der Waals surface area contributed by atoms with Crippen molar-refractivity contribution in [1.29, 1.82) is 0 Å². The molecule has 0 aliphatic carbocycles. The maximum atomic E-state index is 4.13. The fraction of sp³-hybridized carbons (Fsp3) is 0.786. The standard InChI is InChI=1S/C14H26N2S/c1-3-4-5-6-7-8-9-13(15-2)10-14-11-16-12-17-14/h11-13,15H,3-10H2,1-2H3. The van der Waals surface area contributed by atoms with Crippen LogP contribution in [0.5, 0.6) is 0 Å². The van der Waals surface area contributed by atoms with Crippen LogP contribution in [-0.4, -0.2) is 18.1 Å². The molecule has 98 valence electrons. The van der Waals surface area contributed by atoms with E-state index < -0.39 is 0 Å². The first-order chi connectivity index (χ1) is 8.36. The van der Waals surface area contributed by atoms with Crippen molar-refractivity contribution in [3.8, 4) is 0 Å². The van der Waals surface area contributed by atoms with Crippen molar-refractivity contribution in [2.75, 3.05) is 7.05 Å². The molecule has 0 aliphatic rings. The molecule has 2 nitrogen and oxygen atoms in total. The summed E-state index contributed by atoms with van der Waals surface area (Å²) in [5.74, 6) is 0. The van der Waals surface area contributed by atoms with Gasteiger partial charge in [-0.2, -0.15) is 0 Å². The SMILES string of the molecule is CCCCCCCCC(Cc1cncs1)NC. The highest BCUT2D eigenvalue weighted by atomic mass is 32.1. The van der Waals surface area contributed by atoms with Gasteiger partial charge in [0.05, 0.1) is 5.51 Å². The highest BCUT2D eigenvalue weighted by molar-refractivity contribution is 7.09. The number of likely N-dealkylation sites (N-methyl/N-ethyl adjacent to an activating group) is 1. The maximum absolute atomic E-state index is 4.13. The van der Waals surface area contributed by atoms with Gasteiger partial charge in [-0.15, -0.1) is 11.3 Å². The van der Waals surface area contributed by atoms with Crippen LogP contribution in [0.25, 0.3) is 0 Å². The minimum Gasteiger partial charge on any atom is -0.317 e. The van der Waals surface area contributed by atoms with Gasteiger partial charge < -0.3 is 5.32 Å². The summed E-state index contributed by atoms with van der Waals surface area (Å²) in [6, 6.07) is 0.627. The van der Waals surface area contributed by atoms with Crippen LogP contribution in [0.3, 0.4) is 0 Å². The molecule has 0 fully saturated rings. The predicted molar refractivity (Wildman–Crippen MR) is 76.7 cm³/mol. The Hall–Kier alpha value is -0.410. The number of rotatable bonds is 10. The van der Waals surface area contributed by atoms with Crippen molar-refractivity contribution >= 4 is 11.3 Å². The average Bonchev–Trinajstić information content (AvgIpc) is 2.85. The molecule has 1 aromatic heterocycles. The van der Waals surface area contributed by atoms with Gasteiger partial charge in [-0.05, 0) is 19.9 Å². The van der Waals surface area contributed by atoms with E-state index in [4.69, 9.17) is 0 Å². The smallest absolute Gasteiger partial charge is 0.0794 e. The molecule has 3 heteroatoms. The van der Waals surface area contributed by atoms with E-state index in [1.54, 1.807) is 11.3 Å². The number of nitrogens with one attached hydrogen (secondary N) is 1. The van der Waals surface area contributed by atoms with E-state index in [1.807, 2.05) is 11.7 Å². The van der Waals surface area contributed by atoms with Gasteiger partial charge in [0.1, 0.15) is 0 Å². The molecule has 1 heterocycles. The zero-order valence-corrected chi connectivity index (χ0v) is 12.1. The largest absolute Gasteiger partial charge is 0.317 e. The summed E-state index contributed by atoms with van der Waals surface area (Å²) >= 11 is 1.77. The molecule has 0 aliphatic heterocycles. The van der Waals surface area contributed by atoms with Crippen molar-refractivity contribution in [2.45, 2.75) is 64.3 Å². The van der Waals surface area contributed by atoms with Gasteiger partial charge in [0.2, 0.25) is 0 Å². The second-order valence-corrected chi connectivity index (χ2v) is 5.68. The van der Waals surface area contributed by atoms with Gasteiger partial charge in [0.25, 0.3) is 0 Å². The third kappa shape index (κ3) is 6.79. The third-order valence-electron chi connectivity index (χ3n) is 3.25. The quantitative estimate of drug-likeness (QED) is 0.638. The second-order valence-electron chi connectivity index (χ2n) is 4.71. The fourth-order valence-electron chi connectivity index (χ4n) is 2.11. The fourth-order valence-corrected chi connectivity index (χ4v) is 2.78. The van der Waals surface area contributed by atoms with Gasteiger partial charge >= 0.3 is 0 Å². The molecule has 0 saturated carbocycles. The monoisotopic (exact) mass is 254 g/mol. The first kappa shape index (κ1) is 14.7. The average molecular weight is 254 g/mol. The van der Waals surface area contributed by atoms with Gasteiger partial charge in [0, 0.05) is 17.1 Å². The van der Waals surface area contributed by atoms with Gasteiger partial charge in [0.15, 0.2) is 0 Å². The molecule has 0 amide bonds. The van der Waals surface area contributed by atoms with Crippen molar-refractivity contribution < 1.29 is 0 Å². The number of hydrogen-bond acceptors (Lipinski definition) is 3. The summed E-state index contributed by atoms with van der Waals surface area (Å²) in [4.78, 5) is 5.53. The summed E-state index contributed by atoms with van der Waals surface area (Å²) in [6.07, 6.45) is 12.7. The summed E-state index contributed by atoms with van der Waals surface area (Å²) in [6.45, 7) is 2.27. The van der Waals surface area contributed by atoms with E-state index in [0.717, 1.165) is 6.42 Å². The van der Waals surface area contributed by atoms with Crippen LogP contribution in [-0.2, 0) is 6.42 Å². The molecule has 1 atom stereocenters. The Balaban J connectivity index is 2.06. The molecule has 1 aromatic rings. The van der Waals surface area contributed by atoms with Crippen molar-refractivity contribution in [2.24, 2.45) is 0 Å². The highest BCUT2D eigenvalue weighted by Gasteiger charge is 2.07. The Morgan fingerprint density at radius 2 is 2.00 bits per heavy atom. The predicted octanol–water partition coefficient (Wildman–Crippen LogP) is 4.02. The Morgan fingerprint density at radius 1 is 1.24 bits per heavy atom. The third-order valence-corrected chi connectivity index (χ3v) is 4.05. The number of thiazole rings is 1. The zero-order chi connectivity index (χ0) is 12.3. The van der Waals surface area contributed by atoms with Crippen molar-refractivity contribution in [1.82, 2.24) is 10.3 Å². The molecule has 1 unspecified atom stereocenters. The lowest BCUT2D eigenvalue weighted by Crippen LogP contribution is -2.27. The lowest BCUT2D eigenvalue weighted by Gasteiger charge is -2.14. The summed E-state index contributed by atoms with van der Waals surface area (Å²) in [5, 5.41) is 3.42. The summed E-state index contributed by atoms with van der Waals surface area (Å²) < 4.78 is 0. The molecule has 1 N–H and O–H groups in total. The van der Waals surface area contributed by atoms with E-state index >= 15 is 0 Å². The molecule has 17 heavy (non-hydrogen) atoms. The molecular formula is C14H26N2S. The first-order valence-corrected chi connectivity index (χ1v) is 7.79. The van der Waals surface area contributed by atoms with Crippen LogP contribution in [0.2, 0.25) is 0 Å². The first-order valence-electron chi connectivity index (χ1n) is 6.91. The van der Waals surface area contributed by atoms with Crippen LogP contribution in [0.1, 0.15) is 56.7 Å². The van der Waals surface area contributed by atoms with Crippen LogP contribution in [0, 0.1) is 0 Å². The van der Waals surface area contributed by atoms with E-state index in [-0.39, 0.29) is 0 Å². The topological polar surface area (TPSA) is 24.9 Å². The lowest BCUT2D eigenvalue weighted by molar-refractivity contribution is 0.481. The molecule has 0 spiro atoms. The highest BCUT2D eigenvalue weighted by Crippen LogP contribution is 2.14. The summed E-state index contributed by atoms with van der Waals surface area (Å²) in [5.41, 5.74) is 1.92. The molecular weight excluding hydrogens is 228 g/mol. The molecule has 0 aromatic carbocycles. The Kier molecular flexibility index (Phi) is 8.28. The van der Waals surface area contributed by atoms with Crippen LogP contribution in [0.4, 0.5) is 0 Å². The Labute approximate surface area is 110 Å². The Bertz CT molecular complexity index is 259. The number of hydrogen-bond donors (Lipinski definition) is 1. The van der Waals surface area contributed by atoms with E-state index in [0.29, 0.717) is 6.04 Å². The van der Waals surface area contributed by atoms with Gasteiger partial charge in [-0.3, -0.25) is 4.98 Å². The van der Waals surface area contributed by atoms with E-state index in [9.17, 15) is 0 Å². The van der Waals surface area contributed by atoms with E-state index in [1.165, 1.54) is 49.8 Å². The second kappa shape index (κ2) is 9.60. The number of nitrogens with zero attached hydrogens (tertiary/aromatic N) is 1. The van der Waals surface area contributed by atoms with Crippen LogP contribution < -0.4 is 5.32 Å². The van der Waals surface area contributed by atoms with E-state index in [2.05, 4.69) is 24.3 Å². The maximum Gasteiger partial charge on any atom is 0.0794 e. The molecule has 1 rings (SSSR count). The zero-order valence-electron chi connectivity index (χ0n) is 11.2. The van der Waals surface area contributed by atoms with Gasteiger partial charge in [-0.1, -0.05) is 45.4 Å². The van der Waals surface area contributed by atoms with Crippen LogP contribution in [0.15, 0.2) is 11.7 Å².